The third kappa shape index (κ3) is 4.54. The van der Waals surface area contributed by atoms with Crippen molar-refractivity contribution in [1.29, 1.82) is 0 Å². The lowest BCUT2D eigenvalue weighted by molar-refractivity contribution is -0.121. The van der Waals surface area contributed by atoms with E-state index in [1.54, 1.807) is 12.5 Å². The lowest BCUT2D eigenvalue weighted by Crippen LogP contribution is -2.54. The van der Waals surface area contributed by atoms with Crippen LogP contribution in [-0.2, 0) is 4.79 Å². The van der Waals surface area contributed by atoms with Gasteiger partial charge in [0, 0.05) is 19.0 Å². The van der Waals surface area contributed by atoms with Gasteiger partial charge in [-0.1, -0.05) is 38.8 Å². The zero-order valence-electron chi connectivity index (χ0n) is 23.3. The van der Waals surface area contributed by atoms with Crippen molar-refractivity contribution < 1.29 is 9.90 Å². The largest absolute Gasteiger partial charge is 0.391 e. The highest BCUT2D eigenvalue weighted by Crippen LogP contribution is 2.65. The van der Waals surface area contributed by atoms with Crippen LogP contribution in [0.4, 0.5) is 0 Å². The van der Waals surface area contributed by atoms with Crippen LogP contribution in [0, 0.1) is 46.3 Å². The molecule has 0 spiro atoms. The van der Waals surface area contributed by atoms with Gasteiger partial charge in [0.25, 0.3) is 0 Å². The molecule has 0 aromatic heterocycles. The Hall–Kier alpha value is -0.870. The Labute approximate surface area is 214 Å². The minimum Gasteiger partial charge on any atom is -0.391 e. The van der Waals surface area contributed by atoms with E-state index in [0.717, 1.165) is 43.1 Å². The van der Waals surface area contributed by atoms with E-state index in [2.05, 4.69) is 45.3 Å². The number of carbonyl (C=O) groups is 1. The molecule has 0 aromatic rings. The van der Waals surface area contributed by atoms with E-state index in [-0.39, 0.29) is 23.5 Å². The summed E-state index contributed by atoms with van der Waals surface area (Å²) in [6.45, 7) is 15.0. The van der Waals surface area contributed by atoms with Crippen molar-refractivity contribution in [2.24, 2.45) is 46.3 Å². The van der Waals surface area contributed by atoms with Gasteiger partial charge < -0.3 is 15.7 Å². The number of hydrogen-bond donors (Lipinski definition) is 3. The molecule has 3 saturated carbocycles. The predicted molar refractivity (Wildman–Crippen MR) is 143 cm³/mol. The monoisotopic (exact) mass is 484 g/mol. The standard InChI is InChI=1S/C31H52N2O2/c1-18-13-28(35)29(32-17-18)20(3)30(5)11-10-24-25-8-7-22-14-23(33-21(4)34)9-12-31(22,6)27(25)15-26(24)19(2)16-30/h18,20,22-25,27-29,32,35H,7-17H2,1-6H3,(H,33,34)/t18-,20+,22+,23-,24-,25?,27-,28?,29-,30?,31-/m0/s1. The van der Waals surface area contributed by atoms with Crippen LogP contribution in [0.2, 0.25) is 0 Å². The van der Waals surface area contributed by atoms with E-state index >= 15 is 0 Å². The van der Waals surface area contributed by atoms with Crippen LogP contribution in [0.1, 0.15) is 106 Å². The summed E-state index contributed by atoms with van der Waals surface area (Å²) in [5.41, 5.74) is 4.21. The SMILES string of the molecule is CC(=O)N[C@H]1CC[C@@]2(C)[C@H](CCC3[C@@H]4CCC(C)([C@H](C)[C@@H]5NC[C@@H](C)CC5O)CC(C)=C4C[C@@H]32)C1. The fourth-order valence-corrected chi connectivity index (χ4v) is 9.99. The molecule has 4 nitrogen and oxygen atoms in total. The fourth-order valence-electron chi connectivity index (χ4n) is 9.99. The average Bonchev–Trinajstić information content (AvgIpc) is 3.11. The Balaban J connectivity index is 1.33. The molecule has 0 aromatic carbocycles. The molecule has 3 unspecified atom stereocenters. The molecule has 1 aliphatic heterocycles. The van der Waals surface area contributed by atoms with Crippen molar-refractivity contribution in [1.82, 2.24) is 10.6 Å². The van der Waals surface area contributed by atoms with Crippen LogP contribution in [0.25, 0.3) is 0 Å². The average molecular weight is 485 g/mol. The van der Waals surface area contributed by atoms with Gasteiger partial charge in [-0.25, -0.2) is 0 Å². The molecule has 4 heteroatoms. The first kappa shape index (κ1) is 25.8. The summed E-state index contributed by atoms with van der Waals surface area (Å²) >= 11 is 0. The topological polar surface area (TPSA) is 61.4 Å². The molecule has 0 radical (unpaired) electrons. The summed E-state index contributed by atoms with van der Waals surface area (Å²) in [7, 11) is 0. The van der Waals surface area contributed by atoms with Gasteiger partial charge in [-0.15, -0.1) is 0 Å². The maximum absolute atomic E-state index is 11.7. The Morgan fingerprint density at radius 2 is 1.91 bits per heavy atom. The number of allylic oxidation sites excluding steroid dienone is 2. The molecule has 1 heterocycles. The maximum atomic E-state index is 11.7. The van der Waals surface area contributed by atoms with Gasteiger partial charge in [-0.3, -0.25) is 4.79 Å². The highest BCUT2D eigenvalue weighted by Gasteiger charge is 2.56. The molecule has 1 saturated heterocycles. The Morgan fingerprint density at radius 1 is 1.14 bits per heavy atom. The van der Waals surface area contributed by atoms with Crippen LogP contribution >= 0.6 is 0 Å². The van der Waals surface area contributed by atoms with Gasteiger partial charge in [0.05, 0.1) is 6.10 Å². The van der Waals surface area contributed by atoms with E-state index < -0.39 is 0 Å². The lowest BCUT2D eigenvalue weighted by atomic mass is 9.52. The predicted octanol–water partition coefficient (Wildman–Crippen LogP) is 5.85. The number of rotatable bonds is 3. The molecule has 1 amide bonds. The molecule has 5 aliphatic rings. The smallest absolute Gasteiger partial charge is 0.217 e. The highest BCUT2D eigenvalue weighted by molar-refractivity contribution is 5.73. The third-order valence-corrected chi connectivity index (χ3v) is 12.2. The number of fused-ring (bicyclic) bond motifs is 5. The van der Waals surface area contributed by atoms with Crippen LogP contribution in [-0.4, -0.2) is 35.7 Å². The zero-order chi connectivity index (χ0) is 25.1. The Bertz CT molecular complexity index is 853. The molecule has 5 rings (SSSR count). The normalized spacial score (nSPS) is 48.9. The van der Waals surface area contributed by atoms with Gasteiger partial charge >= 0.3 is 0 Å². The van der Waals surface area contributed by atoms with Crippen LogP contribution in [0.3, 0.4) is 0 Å². The van der Waals surface area contributed by atoms with Gasteiger partial charge in [-0.2, -0.15) is 0 Å². The molecular formula is C31H52N2O2. The summed E-state index contributed by atoms with van der Waals surface area (Å²) < 4.78 is 0. The van der Waals surface area contributed by atoms with E-state index in [4.69, 9.17) is 0 Å². The molecular weight excluding hydrogens is 432 g/mol. The van der Waals surface area contributed by atoms with Crippen molar-refractivity contribution in [3.05, 3.63) is 11.1 Å². The second-order valence-electron chi connectivity index (χ2n) is 14.3. The summed E-state index contributed by atoms with van der Waals surface area (Å²) in [5, 5.41) is 17.9. The first-order valence-corrected chi connectivity index (χ1v) is 14.9. The van der Waals surface area contributed by atoms with Crippen molar-refractivity contribution in [3.8, 4) is 0 Å². The molecule has 35 heavy (non-hydrogen) atoms. The number of piperidine rings is 1. The summed E-state index contributed by atoms with van der Waals surface area (Å²) in [5.74, 6) is 4.43. The first-order chi connectivity index (χ1) is 16.5. The van der Waals surface area contributed by atoms with Crippen molar-refractivity contribution in [2.75, 3.05) is 6.54 Å². The highest BCUT2D eigenvalue weighted by atomic mass is 16.3. The fraction of sp³-hybridized carbons (Fsp3) is 0.903. The number of aliphatic hydroxyl groups is 1. The van der Waals surface area contributed by atoms with Crippen molar-refractivity contribution in [2.45, 2.75) is 124 Å². The summed E-state index contributed by atoms with van der Waals surface area (Å²) in [6, 6.07) is 0.622. The van der Waals surface area contributed by atoms with Crippen LogP contribution in [0.15, 0.2) is 11.1 Å². The quantitative estimate of drug-likeness (QED) is 0.441. The second-order valence-corrected chi connectivity index (χ2v) is 14.3. The van der Waals surface area contributed by atoms with Crippen molar-refractivity contribution in [3.63, 3.8) is 0 Å². The minimum atomic E-state index is -0.214. The van der Waals surface area contributed by atoms with Gasteiger partial charge in [-0.05, 0) is 124 Å². The number of nitrogens with one attached hydrogen (secondary N) is 2. The van der Waals surface area contributed by atoms with E-state index in [1.807, 2.05) is 5.57 Å². The third-order valence-electron chi connectivity index (χ3n) is 12.2. The lowest BCUT2D eigenvalue weighted by Gasteiger charge is -2.54. The van der Waals surface area contributed by atoms with Crippen molar-refractivity contribution >= 4 is 5.91 Å². The van der Waals surface area contributed by atoms with E-state index in [1.165, 1.54) is 51.4 Å². The number of aliphatic hydroxyl groups excluding tert-OH is 1. The van der Waals surface area contributed by atoms with E-state index in [9.17, 15) is 9.90 Å². The second kappa shape index (κ2) is 9.46. The Morgan fingerprint density at radius 3 is 2.63 bits per heavy atom. The van der Waals surface area contributed by atoms with Gasteiger partial charge in [0.1, 0.15) is 0 Å². The number of hydrogen-bond acceptors (Lipinski definition) is 3. The summed E-state index contributed by atoms with van der Waals surface area (Å²) in [4.78, 5) is 11.7. The number of amides is 1. The minimum absolute atomic E-state index is 0.138. The molecule has 11 atom stereocenters. The van der Waals surface area contributed by atoms with Gasteiger partial charge in [0.15, 0.2) is 0 Å². The molecule has 4 fully saturated rings. The van der Waals surface area contributed by atoms with E-state index in [0.29, 0.717) is 23.3 Å². The van der Waals surface area contributed by atoms with Crippen LogP contribution < -0.4 is 10.6 Å². The maximum Gasteiger partial charge on any atom is 0.217 e. The molecule has 198 valence electrons. The molecule has 0 bridgehead atoms. The van der Waals surface area contributed by atoms with Gasteiger partial charge in [0.2, 0.25) is 5.91 Å². The Kier molecular flexibility index (Phi) is 6.96. The molecule has 3 N–H and O–H groups in total. The number of carbonyl (C=O) groups excluding carboxylic acids is 1. The van der Waals surface area contributed by atoms with Crippen LogP contribution in [0.5, 0.6) is 0 Å². The molecule has 4 aliphatic carbocycles. The zero-order valence-corrected chi connectivity index (χ0v) is 23.3. The summed E-state index contributed by atoms with van der Waals surface area (Å²) in [6.07, 6.45) is 12.2. The first-order valence-electron chi connectivity index (χ1n) is 14.9.